The lowest BCUT2D eigenvalue weighted by molar-refractivity contribution is 0.185. The molecular weight excluding hydrogens is 240 g/mol. The highest BCUT2D eigenvalue weighted by atomic mass is 16.5. The number of ether oxygens (including phenoxy) is 1. The van der Waals surface area contributed by atoms with Crippen molar-refractivity contribution in [3.63, 3.8) is 0 Å². The summed E-state index contributed by atoms with van der Waals surface area (Å²) in [6.07, 6.45) is 6.82. The molecule has 102 valence electrons. The molecule has 1 aliphatic carbocycles. The standard InChI is InChI=1S/C14H20N4O/c1-9(2)11-8-12-14(16-6-7-18(12)17-11)19-13-5-3-4-10(13)15/h6-10,13H,3-5,15H2,1-2H3. The Bertz CT molecular complexity index is 578. The van der Waals surface area contributed by atoms with Gasteiger partial charge in [0.05, 0.1) is 5.69 Å². The molecule has 5 nitrogen and oxygen atoms in total. The van der Waals surface area contributed by atoms with E-state index in [4.69, 9.17) is 10.5 Å². The van der Waals surface area contributed by atoms with Crippen LogP contribution >= 0.6 is 0 Å². The van der Waals surface area contributed by atoms with Crippen LogP contribution in [-0.4, -0.2) is 26.7 Å². The van der Waals surface area contributed by atoms with E-state index in [-0.39, 0.29) is 12.1 Å². The number of nitrogens with two attached hydrogens (primary N) is 1. The molecule has 0 aromatic carbocycles. The topological polar surface area (TPSA) is 65.4 Å². The van der Waals surface area contributed by atoms with Crippen molar-refractivity contribution in [2.75, 3.05) is 0 Å². The van der Waals surface area contributed by atoms with Gasteiger partial charge in [-0.15, -0.1) is 0 Å². The van der Waals surface area contributed by atoms with E-state index in [0.29, 0.717) is 11.8 Å². The second-order valence-corrected chi connectivity index (χ2v) is 5.54. The molecule has 0 amide bonds. The minimum Gasteiger partial charge on any atom is -0.471 e. The normalized spacial score (nSPS) is 23.4. The van der Waals surface area contributed by atoms with Crippen LogP contribution in [0.1, 0.15) is 44.7 Å². The number of nitrogens with zero attached hydrogens (tertiary/aromatic N) is 3. The zero-order valence-electron chi connectivity index (χ0n) is 11.4. The van der Waals surface area contributed by atoms with Crippen LogP contribution in [0, 0.1) is 0 Å². The zero-order chi connectivity index (χ0) is 13.4. The van der Waals surface area contributed by atoms with E-state index in [9.17, 15) is 0 Å². The fraction of sp³-hybridized carbons (Fsp3) is 0.571. The molecule has 2 heterocycles. The summed E-state index contributed by atoms with van der Waals surface area (Å²) in [5, 5.41) is 4.53. The molecule has 0 bridgehead atoms. The summed E-state index contributed by atoms with van der Waals surface area (Å²) in [6, 6.07) is 2.17. The Balaban J connectivity index is 1.94. The predicted octanol–water partition coefficient (Wildman–Crippen LogP) is 2.11. The molecule has 1 aliphatic rings. The van der Waals surface area contributed by atoms with Gasteiger partial charge in [-0.25, -0.2) is 9.50 Å². The highest BCUT2D eigenvalue weighted by molar-refractivity contribution is 5.57. The van der Waals surface area contributed by atoms with Gasteiger partial charge in [0, 0.05) is 18.4 Å². The molecule has 19 heavy (non-hydrogen) atoms. The lowest BCUT2D eigenvalue weighted by Crippen LogP contribution is -2.33. The Morgan fingerprint density at radius 3 is 2.95 bits per heavy atom. The summed E-state index contributed by atoms with van der Waals surface area (Å²) in [6.45, 7) is 4.26. The Labute approximate surface area is 112 Å². The molecule has 1 saturated carbocycles. The van der Waals surface area contributed by atoms with E-state index in [1.165, 1.54) is 0 Å². The van der Waals surface area contributed by atoms with E-state index in [1.807, 2.05) is 16.8 Å². The highest BCUT2D eigenvalue weighted by Gasteiger charge is 2.26. The Kier molecular flexibility index (Phi) is 3.14. The molecule has 2 aromatic heterocycles. The number of hydrogen-bond acceptors (Lipinski definition) is 4. The second-order valence-electron chi connectivity index (χ2n) is 5.54. The molecule has 2 N–H and O–H groups in total. The van der Waals surface area contributed by atoms with E-state index in [1.54, 1.807) is 6.20 Å². The number of hydrogen-bond donors (Lipinski definition) is 1. The van der Waals surface area contributed by atoms with Crippen LogP contribution < -0.4 is 10.5 Å². The lowest BCUT2D eigenvalue weighted by Gasteiger charge is -2.17. The number of fused-ring (bicyclic) bond motifs is 1. The van der Waals surface area contributed by atoms with Crippen LogP contribution in [0.4, 0.5) is 0 Å². The van der Waals surface area contributed by atoms with Crippen LogP contribution in [0.15, 0.2) is 18.5 Å². The van der Waals surface area contributed by atoms with E-state index in [2.05, 4.69) is 23.9 Å². The monoisotopic (exact) mass is 260 g/mol. The van der Waals surface area contributed by atoms with Crippen molar-refractivity contribution in [1.29, 1.82) is 0 Å². The Hall–Kier alpha value is -1.62. The maximum atomic E-state index is 6.05. The number of rotatable bonds is 3. The first-order valence-electron chi connectivity index (χ1n) is 6.91. The second kappa shape index (κ2) is 4.81. The summed E-state index contributed by atoms with van der Waals surface area (Å²) < 4.78 is 7.83. The van der Waals surface area contributed by atoms with Gasteiger partial charge in [0.1, 0.15) is 11.6 Å². The van der Waals surface area contributed by atoms with Crippen molar-refractivity contribution >= 4 is 5.52 Å². The predicted molar refractivity (Wildman–Crippen MR) is 73.3 cm³/mol. The smallest absolute Gasteiger partial charge is 0.240 e. The van der Waals surface area contributed by atoms with Gasteiger partial charge >= 0.3 is 0 Å². The quantitative estimate of drug-likeness (QED) is 0.918. The largest absolute Gasteiger partial charge is 0.471 e. The van der Waals surface area contributed by atoms with Gasteiger partial charge in [-0.05, 0) is 31.2 Å². The average Bonchev–Trinajstić information content (AvgIpc) is 2.97. The van der Waals surface area contributed by atoms with Gasteiger partial charge in [-0.2, -0.15) is 5.10 Å². The fourth-order valence-corrected chi connectivity index (χ4v) is 2.53. The summed E-state index contributed by atoms with van der Waals surface area (Å²) in [4.78, 5) is 4.34. The minimum atomic E-state index is 0.0797. The Morgan fingerprint density at radius 2 is 2.26 bits per heavy atom. The molecule has 0 spiro atoms. The van der Waals surface area contributed by atoms with Crippen LogP contribution in [-0.2, 0) is 0 Å². The van der Waals surface area contributed by atoms with Crippen LogP contribution in [0.25, 0.3) is 5.52 Å². The van der Waals surface area contributed by atoms with Crippen molar-refractivity contribution in [1.82, 2.24) is 14.6 Å². The van der Waals surface area contributed by atoms with Gasteiger partial charge < -0.3 is 10.5 Å². The lowest BCUT2D eigenvalue weighted by atomic mass is 10.1. The molecule has 2 atom stereocenters. The van der Waals surface area contributed by atoms with Gasteiger partial charge in [-0.1, -0.05) is 13.8 Å². The third kappa shape index (κ3) is 2.30. The van der Waals surface area contributed by atoms with Crippen LogP contribution in [0.5, 0.6) is 5.88 Å². The zero-order valence-corrected chi connectivity index (χ0v) is 11.4. The summed E-state index contributed by atoms with van der Waals surface area (Å²) >= 11 is 0. The third-order valence-corrected chi connectivity index (χ3v) is 3.73. The first kappa shape index (κ1) is 12.4. The van der Waals surface area contributed by atoms with Crippen molar-refractivity contribution < 1.29 is 4.74 Å². The summed E-state index contributed by atoms with van der Waals surface area (Å²) in [5.41, 5.74) is 8.02. The molecule has 0 radical (unpaired) electrons. The van der Waals surface area contributed by atoms with E-state index >= 15 is 0 Å². The molecule has 0 saturated heterocycles. The van der Waals surface area contributed by atoms with Crippen molar-refractivity contribution in [2.45, 2.75) is 51.2 Å². The summed E-state index contributed by atoms with van der Waals surface area (Å²) in [7, 11) is 0. The third-order valence-electron chi connectivity index (χ3n) is 3.73. The van der Waals surface area contributed by atoms with Crippen LogP contribution in [0.3, 0.4) is 0 Å². The van der Waals surface area contributed by atoms with Gasteiger partial charge in [0.25, 0.3) is 0 Å². The molecule has 2 aromatic rings. The molecule has 0 aliphatic heterocycles. The van der Waals surface area contributed by atoms with E-state index < -0.39 is 0 Å². The first-order valence-corrected chi connectivity index (χ1v) is 6.91. The number of aromatic nitrogens is 3. The van der Waals surface area contributed by atoms with Gasteiger partial charge in [0.2, 0.25) is 5.88 Å². The van der Waals surface area contributed by atoms with Crippen molar-refractivity contribution in [2.24, 2.45) is 5.73 Å². The van der Waals surface area contributed by atoms with Crippen molar-refractivity contribution in [3.8, 4) is 5.88 Å². The fourth-order valence-electron chi connectivity index (χ4n) is 2.53. The van der Waals surface area contributed by atoms with E-state index in [0.717, 1.165) is 30.5 Å². The molecule has 1 fully saturated rings. The molecule has 5 heteroatoms. The maximum Gasteiger partial charge on any atom is 0.240 e. The molecule has 2 unspecified atom stereocenters. The Morgan fingerprint density at radius 1 is 1.42 bits per heavy atom. The average molecular weight is 260 g/mol. The molecular formula is C14H20N4O. The minimum absolute atomic E-state index is 0.0797. The maximum absolute atomic E-state index is 6.05. The van der Waals surface area contributed by atoms with Crippen LogP contribution in [0.2, 0.25) is 0 Å². The van der Waals surface area contributed by atoms with Crippen molar-refractivity contribution in [3.05, 3.63) is 24.2 Å². The van der Waals surface area contributed by atoms with Gasteiger partial charge in [0.15, 0.2) is 0 Å². The molecule has 3 rings (SSSR count). The SMILES string of the molecule is CC(C)c1cc2c(OC3CCCC3N)nccn2n1. The first-order chi connectivity index (χ1) is 9.15. The highest BCUT2D eigenvalue weighted by Crippen LogP contribution is 2.26. The van der Waals surface area contributed by atoms with Gasteiger partial charge in [-0.3, -0.25) is 0 Å². The summed E-state index contributed by atoms with van der Waals surface area (Å²) in [5.74, 6) is 1.03.